The van der Waals surface area contributed by atoms with E-state index in [4.69, 9.17) is 5.11 Å². The van der Waals surface area contributed by atoms with Crippen molar-refractivity contribution in [1.29, 1.82) is 0 Å². The first-order chi connectivity index (χ1) is 7.70. The van der Waals surface area contributed by atoms with Crippen LogP contribution in [0.3, 0.4) is 0 Å². The maximum absolute atomic E-state index is 8.79. The molecule has 2 rings (SSSR count). The summed E-state index contributed by atoms with van der Waals surface area (Å²) >= 11 is 0. The van der Waals surface area contributed by atoms with Gasteiger partial charge < -0.3 is 5.11 Å². The lowest BCUT2D eigenvalue weighted by molar-refractivity contribution is 0.269. The van der Waals surface area contributed by atoms with E-state index >= 15 is 0 Å². The van der Waals surface area contributed by atoms with Crippen LogP contribution < -0.4 is 0 Å². The van der Waals surface area contributed by atoms with Gasteiger partial charge in [0.25, 0.3) is 0 Å². The number of hydrogen-bond donors (Lipinski definition) is 1. The van der Waals surface area contributed by atoms with Crippen molar-refractivity contribution in [2.75, 3.05) is 6.61 Å². The van der Waals surface area contributed by atoms with Crippen LogP contribution in [0.2, 0.25) is 0 Å². The Morgan fingerprint density at radius 2 is 2.12 bits per heavy atom. The van der Waals surface area contributed by atoms with Crippen molar-refractivity contribution >= 4 is 0 Å². The lowest BCUT2D eigenvalue weighted by Gasteiger charge is -2.00. The van der Waals surface area contributed by atoms with Crippen molar-refractivity contribution in [3.63, 3.8) is 0 Å². The average Bonchev–Trinajstić information content (AvgIpc) is 2.71. The van der Waals surface area contributed by atoms with Gasteiger partial charge in [-0.1, -0.05) is 0 Å². The third-order valence-corrected chi connectivity index (χ3v) is 2.45. The molecule has 2 heterocycles. The van der Waals surface area contributed by atoms with Crippen LogP contribution in [0.5, 0.6) is 0 Å². The number of nitrogens with zero attached hydrogens (tertiary/aromatic N) is 4. The van der Waals surface area contributed by atoms with Gasteiger partial charge in [0.2, 0.25) is 0 Å². The quantitative estimate of drug-likeness (QED) is 0.833. The molecule has 0 aliphatic rings. The predicted octanol–water partition coefficient (Wildman–Crippen LogP) is 0.949. The highest BCUT2D eigenvalue weighted by Gasteiger charge is 2.05. The monoisotopic (exact) mass is 218 g/mol. The van der Waals surface area contributed by atoms with Crippen molar-refractivity contribution in [2.24, 2.45) is 0 Å². The molecule has 0 saturated carbocycles. The van der Waals surface area contributed by atoms with E-state index in [1.54, 1.807) is 17.1 Å². The number of hydrogen-bond acceptors (Lipinski definition) is 4. The van der Waals surface area contributed by atoms with Crippen molar-refractivity contribution < 1.29 is 5.11 Å². The van der Waals surface area contributed by atoms with Crippen molar-refractivity contribution in [1.82, 2.24) is 19.7 Å². The van der Waals surface area contributed by atoms with Crippen LogP contribution >= 0.6 is 0 Å². The fraction of sp³-hybridized carbons (Fsp3) is 0.364. The molecule has 2 aromatic heterocycles. The van der Waals surface area contributed by atoms with E-state index in [2.05, 4.69) is 15.1 Å². The summed E-state index contributed by atoms with van der Waals surface area (Å²) in [6.45, 7) is 4.51. The summed E-state index contributed by atoms with van der Waals surface area (Å²) in [7, 11) is 0. The minimum Gasteiger partial charge on any atom is -0.394 e. The van der Waals surface area contributed by atoms with Crippen molar-refractivity contribution in [3.05, 3.63) is 29.8 Å². The topological polar surface area (TPSA) is 63.8 Å². The van der Waals surface area contributed by atoms with E-state index < -0.39 is 0 Å². The summed E-state index contributed by atoms with van der Waals surface area (Å²) in [5, 5.41) is 12.9. The van der Waals surface area contributed by atoms with Gasteiger partial charge in [0, 0.05) is 18.1 Å². The second-order valence-electron chi connectivity index (χ2n) is 3.68. The van der Waals surface area contributed by atoms with Crippen LogP contribution in [0.4, 0.5) is 0 Å². The molecule has 5 nitrogen and oxygen atoms in total. The lowest BCUT2D eigenvalue weighted by Crippen LogP contribution is -2.01. The van der Waals surface area contributed by atoms with E-state index in [1.807, 2.05) is 20.0 Å². The van der Waals surface area contributed by atoms with Crippen LogP contribution in [0.15, 0.2) is 18.6 Å². The Morgan fingerprint density at radius 1 is 1.31 bits per heavy atom. The van der Waals surface area contributed by atoms with E-state index in [0.29, 0.717) is 12.4 Å². The van der Waals surface area contributed by atoms with E-state index in [-0.39, 0.29) is 6.61 Å². The summed E-state index contributed by atoms with van der Waals surface area (Å²) in [6.07, 6.45) is 5.35. The van der Waals surface area contributed by atoms with Gasteiger partial charge in [0.15, 0.2) is 5.82 Å². The van der Waals surface area contributed by atoms with Gasteiger partial charge in [-0.05, 0) is 19.4 Å². The second-order valence-corrected chi connectivity index (χ2v) is 3.68. The zero-order chi connectivity index (χ0) is 11.5. The van der Waals surface area contributed by atoms with Gasteiger partial charge >= 0.3 is 0 Å². The van der Waals surface area contributed by atoms with Crippen LogP contribution in [0, 0.1) is 13.8 Å². The first kappa shape index (κ1) is 10.8. The molecule has 0 spiro atoms. The standard InChI is InChI=1S/C11H14N4O/c1-8-5-12-11(14-9(8)2)10-6-13-15(7-10)3-4-16/h5-7,16H,3-4H2,1-2H3. The van der Waals surface area contributed by atoms with E-state index in [0.717, 1.165) is 16.8 Å². The molecule has 0 amide bonds. The van der Waals surface area contributed by atoms with Gasteiger partial charge in [0.05, 0.1) is 24.9 Å². The Balaban J connectivity index is 2.31. The SMILES string of the molecule is Cc1cnc(-c2cnn(CCO)c2)nc1C. The summed E-state index contributed by atoms with van der Waals surface area (Å²) < 4.78 is 1.67. The van der Waals surface area contributed by atoms with Gasteiger partial charge in [0.1, 0.15) is 0 Å². The highest BCUT2D eigenvalue weighted by Crippen LogP contribution is 2.14. The van der Waals surface area contributed by atoms with E-state index in [1.165, 1.54) is 0 Å². The summed E-state index contributed by atoms with van der Waals surface area (Å²) in [4.78, 5) is 8.65. The minimum atomic E-state index is 0.0783. The third-order valence-electron chi connectivity index (χ3n) is 2.45. The van der Waals surface area contributed by atoms with Gasteiger partial charge in [-0.15, -0.1) is 0 Å². The molecular weight excluding hydrogens is 204 g/mol. The van der Waals surface area contributed by atoms with Gasteiger partial charge in [-0.25, -0.2) is 9.97 Å². The lowest BCUT2D eigenvalue weighted by atomic mass is 10.2. The number of aromatic nitrogens is 4. The fourth-order valence-electron chi connectivity index (χ4n) is 1.37. The largest absolute Gasteiger partial charge is 0.394 e. The van der Waals surface area contributed by atoms with Crippen molar-refractivity contribution in [3.8, 4) is 11.4 Å². The molecule has 0 aromatic carbocycles. The molecule has 0 atom stereocenters. The molecule has 0 bridgehead atoms. The fourth-order valence-corrected chi connectivity index (χ4v) is 1.37. The summed E-state index contributed by atoms with van der Waals surface area (Å²) in [5.74, 6) is 0.673. The maximum Gasteiger partial charge on any atom is 0.162 e. The van der Waals surface area contributed by atoms with Crippen molar-refractivity contribution in [2.45, 2.75) is 20.4 Å². The first-order valence-corrected chi connectivity index (χ1v) is 5.14. The third kappa shape index (κ3) is 2.09. The predicted molar refractivity (Wildman–Crippen MR) is 59.8 cm³/mol. The zero-order valence-corrected chi connectivity index (χ0v) is 9.38. The summed E-state index contributed by atoms with van der Waals surface area (Å²) in [6, 6.07) is 0. The molecule has 2 aromatic rings. The molecule has 1 N–H and O–H groups in total. The Bertz CT molecular complexity index is 492. The Kier molecular flexibility index (Phi) is 2.96. The van der Waals surface area contributed by atoms with E-state index in [9.17, 15) is 0 Å². The Labute approximate surface area is 93.8 Å². The number of aryl methyl sites for hydroxylation is 2. The highest BCUT2D eigenvalue weighted by molar-refractivity contribution is 5.52. The molecular formula is C11H14N4O. The molecule has 0 aliphatic heterocycles. The van der Waals surface area contributed by atoms with Crippen LogP contribution in [0.1, 0.15) is 11.3 Å². The van der Waals surface area contributed by atoms with Gasteiger partial charge in [-0.2, -0.15) is 5.10 Å². The molecule has 0 aliphatic carbocycles. The normalized spacial score (nSPS) is 10.7. The molecule has 0 saturated heterocycles. The second kappa shape index (κ2) is 4.40. The highest BCUT2D eigenvalue weighted by atomic mass is 16.3. The minimum absolute atomic E-state index is 0.0783. The Morgan fingerprint density at radius 3 is 2.81 bits per heavy atom. The molecule has 0 radical (unpaired) electrons. The zero-order valence-electron chi connectivity index (χ0n) is 9.38. The van der Waals surface area contributed by atoms with Crippen LogP contribution in [0.25, 0.3) is 11.4 Å². The molecule has 5 heteroatoms. The average molecular weight is 218 g/mol. The maximum atomic E-state index is 8.79. The van der Waals surface area contributed by atoms with Crippen LogP contribution in [-0.4, -0.2) is 31.5 Å². The summed E-state index contributed by atoms with van der Waals surface area (Å²) in [5.41, 5.74) is 2.92. The molecule has 16 heavy (non-hydrogen) atoms. The number of rotatable bonds is 3. The molecule has 0 fully saturated rings. The first-order valence-electron chi connectivity index (χ1n) is 5.14. The number of aliphatic hydroxyl groups excluding tert-OH is 1. The van der Waals surface area contributed by atoms with Crippen LogP contribution in [-0.2, 0) is 6.54 Å². The molecule has 84 valence electrons. The van der Waals surface area contributed by atoms with Gasteiger partial charge in [-0.3, -0.25) is 4.68 Å². The Hall–Kier alpha value is -1.75. The smallest absolute Gasteiger partial charge is 0.162 e. The molecule has 0 unspecified atom stereocenters. The number of aliphatic hydroxyl groups is 1.